The number of aliphatic carboxylic acids is 2. The van der Waals surface area contributed by atoms with Crippen molar-refractivity contribution in [2.24, 2.45) is 0 Å². The number of aromatic nitrogens is 2. The Kier molecular flexibility index (Phi) is 4.93. The van der Waals surface area contributed by atoms with Crippen molar-refractivity contribution < 1.29 is 33.9 Å². The largest absolute Gasteiger partial charge is 0.478 e. The predicted octanol–water partition coefficient (Wildman–Crippen LogP) is 1.23. The number of allylic oxidation sites excluding steroid dienone is 1. The van der Waals surface area contributed by atoms with Crippen molar-refractivity contribution in [3.05, 3.63) is 46.3 Å². The van der Waals surface area contributed by atoms with Crippen molar-refractivity contribution in [1.29, 1.82) is 0 Å². The monoisotopic (exact) mass is 375 g/mol. The molecule has 0 saturated heterocycles. The lowest BCUT2D eigenvalue weighted by atomic mass is 9.79. The van der Waals surface area contributed by atoms with E-state index >= 15 is 0 Å². The highest BCUT2D eigenvalue weighted by atomic mass is 16.7. The number of carboxylic acid groups (broad SMARTS) is 2. The van der Waals surface area contributed by atoms with Gasteiger partial charge in [0, 0.05) is 19.9 Å². The SMILES string of the molecule is COC(OC)C1=C(C(=O)O)C(c2cccc3nonc23)C(C(=O)O)=C(C)N1. The fourth-order valence-electron chi connectivity index (χ4n) is 3.26. The molecular formula is C17H17N3O7. The summed E-state index contributed by atoms with van der Waals surface area (Å²) in [6, 6.07) is 4.85. The molecular weight excluding hydrogens is 358 g/mol. The van der Waals surface area contributed by atoms with E-state index in [1.165, 1.54) is 14.2 Å². The van der Waals surface area contributed by atoms with E-state index in [1.54, 1.807) is 25.1 Å². The average Bonchev–Trinajstić information content (AvgIpc) is 3.10. The molecule has 27 heavy (non-hydrogen) atoms. The fraction of sp³-hybridized carbons (Fsp3) is 0.294. The fourth-order valence-corrected chi connectivity index (χ4v) is 3.26. The predicted molar refractivity (Wildman–Crippen MR) is 90.5 cm³/mol. The van der Waals surface area contributed by atoms with E-state index in [1.807, 2.05) is 0 Å². The Balaban J connectivity index is 2.35. The topological polar surface area (TPSA) is 144 Å². The summed E-state index contributed by atoms with van der Waals surface area (Å²) in [5.74, 6) is -3.72. The molecule has 0 radical (unpaired) electrons. The van der Waals surface area contributed by atoms with Crippen LogP contribution in [0.3, 0.4) is 0 Å². The third-order valence-corrected chi connectivity index (χ3v) is 4.35. The van der Waals surface area contributed by atoms with Crippen molar-refractivity contribution in [1.82, 2.24) is 15.6 Å². The van der Waals surface area contributed by atoms with Crippen LogP contribution in [0.15, 0.2) is 45.4 Å². The number of dihydropyridines is 1. The first-order valence-corrected chi connectivity index (χ1v) is 7.85. The van der Waals surface area contributed by atoms with Crippen molar-refractivity contribution in [3.8, 4) is 0 Å². The number of carbonyl (C=O) groups is 2. The molecule has 0 aliphatic carbocycles. The number of nitrogens with zero attached hydrogens (tertiary/aromatic N) is 2. The number of ether oxygens (including phenoxy) is 2. The van der Waals surface area contributed by atoms with Gasteiger partial charge in [-0.05, 0) is 28.9 Å². The first kappa shape index (κ1) is 18.5. The molecule has 2 heterocycles. The normalized spacial score (nSPS) is 17.6. The van der Waals surface area contributed by atoms with Crippen LogP contribution in [0.1, 0.15) is 18.4 Å². The zero-order chi connectivity index (χ0) is 19.7. The van der Waals surface area contributed by atoms with Gasteiger partial charge in [0.2, 0.25) is 0 Å². The van der Waals surface area contributed by atoms with E-state index < -0.39 is 24.1 Å². The van der Waals surface area contributed by atoms with Crippen LogP contribution >= 0.6 is 0 Å². The summed E-state index contributed by atoms with van der Waals surface area (Å²) in [7, 11) is 2.71. The molecule has 1 aliphatic heterocycles. The maximum atomic E-state index is 12.2. The lowest BCUT2D eigenvalue weighted by Crippen LogP contribution is -2.37. The summed E-state index contributed by atoms with van der Waals surface area (Å²) in [4.78, 5) is 24.1. The van der Waals surface area contributed by atoms with Crippen molar-refractivity contribution >= 4 is 23.0 Å². The number of nitrogens with one attached hydrogen (secondary N) is 1. The third kappa shape index (κ3) is 3.04. The molecule has 0 saturated carbocycles. The smallest absolute Gasteiger partial charge is 0.334 e. The Labute approximate surface area is 153 Å². The Hall–Kier alpha value is -3.24. The number of hydrogen-bond donors (Lipinski definition) is 3. The number of methoxy groups -OCH3 is 2. The minimum absolute atomic E-state index is 0.105. The molecule has 3 rings (SSSR count). The van der Waals surface area contributed by atoms with Gasteiger partial charge in [0.05, 0.1) is 22.8 Å². The summed E-state index contributed by atoms with van der Waals surface area (Å²) in [6.07, 6.45) is -1.03. The summed E-state index contributed by atoms with van der Waals surface area (Å²) < 4.78 is 15.1. The molecule has 1 aromatic heterocycles. The second kappa shape index (κ2) is 7.17. The minimum atomic E-state index is -1.32. The van der Waals surface area contributed by atoms with Gasteiger partial charge in [-0.15, -0.1) is 0 Å². The van der Waals surface area contributed by atoms with Gasteiger partial charge in [-0.25, -0.2) is 14.2 Å². The molecule has 1 unspecified atom stereocenters. The Morgan fingerprint density at radius 1 is 1.15 bits per heavy atom. The van der Waals surface area contributed by atoms with E-state index in [0.29, 0.717) is 11.1 Å². The van der Waals surface area contributed by atoms with Crippen molar-refractivity contribution in [3.63, 3.8) is 0 Å². The van der Waals surface area contributed by atoms with Crippen LogP contribution in [-0.2, 0) is 19.1 Å². The van der Waals surface area contributed by atoms with Gasteiger partial charge in [-0.2, -0.15) is 0 Å². The van der Waals surface area contributed by atoms with Crippen LogP contribution in [0.25, 0.3) is 11.0 Å². The number of rotatable bonds is 6. The van der Waals surface area contributed by atoms with Gasteiger partial charge in [-0.1, -0.05) is 12.1 Å². The molecule has 0 spiro atoms. The Morgan fingerprint density at radius 3 is 2.41 bits per heavy atom. The lowest BCUT2D eigenvalue weighted by molar-refractivity contribution is -0.134. The van der Waals surface area contributed by atoms with Gasteiger partial charge < -0.3 is 25.0 Å². The summed E-state index contributed by atoms with van der Waals surface area (Å²) in [5.41, 5.74) is 1.02. The molecule has 1 aliphatic rings. The molecule has 3 N–H and O–H groups in total. The van der Waals surface area contributed by atoms with Crippen molar-refractivity contribution in [2.45, 2.75) is 19.1 Å². The molecule has 1 aromatic carbocycles. The van der Waals surface area contributed by atoms with Gasteiger partial charge in [-0.3, -0.25) is 0 Å². The number of benzene rings is 1. The first-order chi connectivity index (χ1) is 12.9. The summed E-state index contributed by atoms with van der Waals surface area (Å²) in [6.45, 7) is 1.54. The van der Waals surface area contributed by atoms with E-state index in [4.69, 9.17) is 14.1 Å². The highest BCUT2D eigenvalue weighted by Crippen LogP contribution is 2.41. The zero-order valence-corrected chi connectivity index (χ0v) is 14.7. The highest BCUT2D eigenvalue weighted by Gasteiger charge is 2.41. The third-order valence-electron chi connectivity index (χ3n) is 4.35. The maximum absolute atomic E-state index is 12.2. The van der Waals surface area contributed by atoms with Gasteiger partial charge >= 0.3 is 11.9 Å². The standard InChI is InChI=1S/C17H17N3O7/c1-7-10(15(21)22)11(8-5-4-6-9-13(8)20-27-19-9)12(16(23)24)14(18-7)17(25-2)26-3/h4-6,11,17-18H,1-3H3,(H,21,22)(H,23,24). The molecule has 142 valence electrons. The van der Waals surface area contributed by atoms with E-state index in [9.17, 15) is 19.8 Å². The van der Waals surface area contributed by atoms with E-state index in [2.05, 4.69) is 15.6 Å². The molecule has 10 nitrogen and oxygen atoms in total. The van der Waals surface area contributed by atoms with Crippen LogP contribution in [0, 0.1) is 0 Å². The molecule has 0 bridgehead atoms. The van der Waals surface area contributed by atoms with E-state index in [-0.39, 0.29) is 28.1 Å². The number of carboxylic acids is 2. The van der Waals surface area contributed by atoms with Gasteiger partial charge in [0.15, 0.2) is 6.29 Å². The lowest BCUT2D eigenvalue weighted by Gasteiger charge is -2.32. The minimum Gasteiger partial charge on any atom is -0.478 e. The van der Waals surface area contributed by atoms with Crippen LogP contribution in [0.2, 0.25) is 0 Å². The van der Waals surface area contributed by atoms with Crippen LogP contribution in [0.5, 0.6) is 0 Å². The molecule has 0 fully saturated rings. The second-order valence-corrected chi connectivity index (χ2v) is 5.82. The average molecular weight is 375 g/mol. The van der Waals surface area contributed by atoms with Gasteiger partial charge in [0.25, 0.3) is 0 Å². The summed E-state index contributed by atoms with van der Waals surface area (Å²) >= 11 is 0. The van der Waals surface area contributed by atoms with E-state index in [0.717, 1.165) is 0 Å². The second-order valence-electron chi connectivity index (χ2n) is 5.82. The van der Waals surface area contributed by atoms with Crippen molar-refractivity contribution in [2.75, 3.05) is 14.2 Å². The first-order valence-electron chi connectivity index (χ1n) is 7.85. The quantitative estimate of drug-likeness (QED) is 0.630. The summed E-state index contributed by atoms with van der Waals surface area (Å²) in [5, 5.41) is 30.0. The van der Waals surface area contributed by atoms with Crippen LogP contribution in [0.4, 0.5) is 0 Å². The van der Waals surface area contributed by atoms with Gasteiger partial charge in [0.1, 0.15) is 11.0 Å². The number of fused-ring (bicyclic) bond motifs is 1. The zero-order valence-electron chi connectivity index (χ0n) is 14.7. The molecule has 2 aromatic rings. The molecule has 1 atom stereocenters. The Morgan fingerprint density at radius 2 is 1.81 bits per heavy atom. The number of hydrogen-bond acceptors (Lipinski definition) is 8. The highest BCUT2D eigenvalue weighted by molar-refractivity contribution is 6.00. The maximum Gasteiger partial charge on any atom is 0.334 e. The molecule has 0 amide bonds. The van der Waals surface area contributed by atoms with Crippen LogP contribution in [-0.4, -0.2) is 53.0 Å². The molecule has 10 heteroatoms. The Bertz CT molecular complexity index is 972. The van der Waals surface area contributed by atoms with Crippen LogP contribution < -0.4 is 5.32 Å².